The summed E-state index contributed by atoms with van der Waals surface area (Å²) in [6.07, 6.45) is 0.430. The molecule has 0 spiro atoms. The van der Waals surface area contributed by atoms with E-state index in [1.165, 1.54) is 0 Å². The van der Waals surface area contributed by atoms with Gasteiger partial charge in [-0.2, -0.15) is 5.10 Å². The van der Waals surface area contributed by atoms with E-state index in [9.17, 15) is 4.79 Å². The number of hydrogen-bond donors (Lipinski definition) is 2. The highest BCUT2D eigenvalue weighted by Gasteiger charge is 2.09. The summed E-state index contributed by atoms with van der Waals surface area (Å²) in [4.78, 5) is 18.0. The second-order valence-electron chi connectivity index (χ2n) is 6.63. The smallest absolute Gasteiger partial charge is 0.223 e. The molecule has 2 aromatic rings. The van der Waals surface area contributed by atoms with Crippen molar-refractivity contribution in [2.75, 3.05) is 27.2 Å². The van der Waals surface area contributed by atoms with Gasteiger partial charge in [-0.1, -0.05) is 18.2 Å². The molecule has 2 rings (SSSR count). The zero-order chi connectivity index (χ0) is 19.8. The first-order chi connectivity index (χ1) is 12.9. The zero-order valence-electron chi connectivity index (χ0n) is 17.3. The van der Waals surface area contributed by atoms with E-state index in [4.69, 9.17) is 0 Å². The fraction of sp³-hybridized carbons (Fsp3) is 0.450. The lowest BCUT2D eigenvalue weighted by molar-refractivity contribution is -0.128. The van der Waals surface area contributed by atoms with E-state index >= 15 is 0 Å². The Kier molecular flexibility index (Phi) is 9.98. The van der Waals surface area contributed by atoms with Gasteiger partial charge in [0, 0.05) is 39.3 Å². The van der Waals surface area contributed by atoms with Gasteiger partial charge in [-0.05, 0) is 38.5 Å². The zero-order valence-corrected chi connectivity index (χ0v) is 19.7. The summed E-state index contributed by atoms with van der Waals surface area (Å²) in [5.74, 6) is 0.792. The van der Waals surface area contributed by atoms with E-state index < -0.39 is 0 Å². The van der Waals surface area contributed by atoms with Crippen molar-refractivity contribution in [1.29, 1.82) is 0 Å². The van der Waals surface area contributed by atoms with Gasteiger partial charge in [0.05, 0.1) is 17.9 Å². The van der Waals surface area contributed by atoms with E-state index in [1.807, 2.05) is 37.6 Å². The maximum atomic E-state index is 11.7. The van der Waals surface area contributed by atoms with Gasteiger partial charge in [-0.3, -0.25) is 4.79 Å². The molecule has 0 bridgehead atoms. The summed E-state index contributed by atoms with van der Waals surface area (Å²) in [7, 11) is 3.52. The van der Waals surface area contributed by atoms with Gasteiger partial charge in [0.15, 0.2) is 5.96 Å². The van der Waals surface area contributed by atoms with Crippen LogP contribution in [0.1, 0.15) is 30.3 Å². The van der Waals surface area contributed by atoms with Crippen LogP contribution in [0.15, 0.2) is 35.3 Å². The summed E-state index contributed by atoms with van der Waals surface area (Å²) in [6.45, 7) is 7.88. The maximum absolute atomic E-state index is 11.7. The molecule has 1 heterocycles. The number of guanidine groups is 1. The Hall–Kier alpha value is -2.10. The van der Waals surface area contributed by atoms with Crippen molar-refractivity contribution in [3.63, 3.8) is 0 Å². The minimum Gasteiger partial charge on any atom is -0.357 e. The molecule has 0 saturated carbocycles. The Bertz CT molecular complexity index is 800. The van der Waals surface area contributed by atoms with E-state index in [1.54, 1.807) is 19.0 Å². The number of amides is 1. The third kappa shape index (κ3) is 6.81. The van der Waals surface area contributed by atoms with Gasteiger partial charge in [0.2, 0.25) is 5.91 Å². The third-order valence-electron chi connectivity index (χ3n) is 4.11. The second kappa shape index (κ2) is 11.7. The van der Waals surface area contributed by atoms with E-state index in [0.29, 0.717) is 25.5 Å². The van der Waals surface area contributed by atoms with Gasteiger partial charge in [-0.15, -0.1) is 24.0 Å². The molecule has 1 aromatic carbocycles. The SMILES string of the molecule is CCNC(=NCc1ccccc1-n1nc(C)cc1C)NCCC(=O)N(C)C.I. The van der Waals surface area contributed by atoms with Crippen LogP contribution < -0.4 is 10.6 Å². The molecule has 0 aliphatic rings. The number of rotatable bonds is 7. The second-order valence-corrected chi connectivity index (χ2v) is 6.63. The fourth-order valence-corrected chi connectivity index (χ4v) is 2.74. The highest BCUT2D eigenvalue weighted by Crippen LogP contribution is 2.17. The first-order valence-electron chi connectivity index (χ1n) is 9.26. The molecule has 0 aliphatic carbocycles. The molecule has 7 nitrogen and oxygen atoms in total. The topological polar surface area (TPSA) is 74.5 Å². The maximum Gasteiger partial charge on any atom is 0.223 e. The van der Waals surface area contributed by atoms with Crippen LogP contribution in [0.5, 0.6) is 0 Å². The number of carbonyl (C=O) groups excluding carboxylic acids is 1. The van der Waals surface area contributed by atoms with Crippen LogP contribution >= 0.6 is 24.0 Å². The van der Waals surface area contributed by atoms with Gasteiger partial charge in [0.1, 0.15) is 0 Å². The van der Waals surface area contributed by atoms with Crippen LogP contribution in [0.2, 0.25) is 0 Å². The lowest BCUT2D eigenvalue weighted by Crippen LogP contribution is -2.39. The quantitative estimate of drug-likeness (QED) is 0.350. The van der Waals surface area contributed by atoms with Crippen LogP contribution in [0.3, 0.4) is 0 Å². The number of nitrogens with zero attached hydrogens (tertiary/aromatic N) is 4. The van der Waals surface area contributed by atoms with Gasteiger partial charge in [0.25, 0.3) is 0 Å². The van der Waals surface area contributed by atoms with Crippen LogP contribution in [0, 0.1) is 13.8 Å². The summed E-state index contributed by atoms with van der Waals surface area (Å²) < 4.78 is 1.95. The predicted molar refractivity (Wildman–Crippen MR) is 125 cm³/mol. The van der Waals surface area contributed by atoms with Crippen molar-refractivity contribution >= 4 is 35.8 Å². The Balaban J connectivity index is 0.00000392. The number of aromatic nitrogens is 2. The Morgan fingerprint density at radius 3 is 2.54 bits per heavy atom. The molecular weight excluding hydrogens is 467 g/mol. The predicted octanol–water partition coefficient (Wildman–Crippen LogP) is 2.64. The number of aliphatic imine (C=N–C) groups is 1. The van der Waals surface area contributed by atoms with Crippen molar-refractivity contribution in [2.24, 2.45) is 4.99 Å². The Labute approximate surface area is 184 Å². The molecule has 154 valence electrons. The lowest BCUT2D eigenvalue weighted by atomic mass is 10.2. The number of benzene rings is 1. The number of hydrogen-bond acceptors (Lipinski definition) is 3. The van der Waals surface area contributed by atoms with Crippen LogP contribution in [0.25, 0.3) is 5.69 Å². The van der Waals surface area contributed by atoms with Gasteiger partial charge >= 0.3 is 0 Å². The third-order valence-corrected chi connectivity index (χ3v) is 4.11. The molecular formula is C20H31IN6O. The molecule has 28 heavy (non-hydrogen) atoms. The van der Waals surface area contributed by atoms with Gasteiger partial charge < -0.3 is 15.5 Å². The molecule has 0 aliphatic heterocycles. The molecule has 0 fully saturated rings. The van der Waals surface area contributed by atoms with Crippen molar-refractivity contribution < 1.29 is 4.79 Å². The molecule has 1 aromatic heterocycles. The molecule has 0 saturated heterocycles. The first kappa shape index (κ1) is 23.9. The molecule has 0 unspecified atom stereocenters. The number of aryl methyl sites for hydroxylation is 2. The van der Waals surface area contributed by atoms with Crippen molar-refractivity contribution in [1.82, 2.24) is 25.3 Å². The van der Waals surface area contributed by atoms with E-state index in [0.717, 1.165) is 29.2 Å². The van der Waals surface area contributed by atoms with E-state index in [2.05, 4.69) is 38.9 Å². The van der Waals surface area contributed by atoms with Crippen LogP contribution in [0.4, 0.5) is 0 Å². The van der Waals surface area contributed by atoms with Crippen LogP contribution in [-0.4, -0.2) is 53.7 Å². The van der Waals surface area contributed by atoms with Crippen molar-refractivity contribution in [3.05, 3.63) is 47.3 Å². The molecule has 1 amide bonds. The van der Waals surface area contributed by atoms with Crippen molar-refractivity contribution in [2.45, 2.75) is 33.7 Å². The number of para-hydroxylation sites is 1. The average molecular weight is 498 g/mol. The largest absolute Gasteiger partial charge is 0.357 e. The monoisotopic (exact) mass is 498 g/mol. The van der Waals surface area contributed by atoms with Crippen molar-refractivity contribution in [3.8, 4) is 5.69 Å². The van der Waals surface area contributed by atoms with Gasteiger partial charge in [-0.25, -0.2) is 9.67 Å². The standard InChI is InChI=1S/C20H30N6O.HI/c1-6-21-20(22-12-11-19(27)25(4)5)23-14-17-9-7-8-10-18(17)26-16(3)13-15(2)24-26;/h7-10,13H,6,11-12,14H2,1-5H3,(H2,21,22,23);1H. The Morgan fingerprint density at radius 2 is 1.93 bits per heavy atom. The molecule has 0 radical (unpaired) electrons. The number of carbonyl (C=O) groups is 1. The van der Waals surface area contributed by atoms with E-state index in [-0.39, 0.29) is 29.9 Å². The normalized spacial score (nSPS) is 11.0. The first-order valence-corrected chi connectivity index (χ1v) is 9.26. The summed E-state index contributed by atoms with van der Waals surface area (Å²) >= 11 is 0. The summed E-state index contributed by atoms with van der Waals surface area (Å²) in [6, 6.07) is 10.2. The minimum atomic E-state index is 0. The number of halogens is 1. The molecule has 8 heteroatoms. The average Bonchev–Trinajstić information content (AvgIpc) is 2.97. The van der Waals surface area contributed by atoms with Crippen LogP contribution in [-0.2, 0) is 11.3 Å². The highest BCUT2D eigenvalue weighted by atomic mass is 127. The molecule has 0 atom stereocenters. The molecule has 2 N–H and O–H groups in total. The fourth-order valence-electron chi connectivity index (χ4n) is 2.74. The summed E-state index contributed by atoms with van der Waals surface area (Å²) in [5.41, 5.74) is 4.21. The lowest BCUT2D eigenvalue weighted by Gasteiger charge is -2.14. The highest BCUT2D eigenvalue weighted by molar-refractivity contribution is 14.0. The Morgan fingerprint density at radius 1 is 1.21 bits per heavy atom. The summed E-state index contributed by atoms with van der Waals surface area (Å²) in [5, 5.41) is 11.0. The minimum absolute atomic E-state index is 0. The number of nitrogens with one attached hydrogen (secondary N) is 2.